The molecule has 1 aromatic heterocycles. The van der Waals surface area contributed by atoms with Crippen molar-refractivity contribution < 1.29 is 23.0 Å². The first-order valence-corrected chi connectivity index (χ1v) is 12.5. The van der Waals surface area contributed by atoms with Crippen LogP contribution in [0.25, 0.3) is 0 Å². The van der Waals surface area contributed by atoms with Gasteiger partial charge in [0.1, 0.15) is 29.2 Å². The van der Waals surface area contributed by atoms with Crippen LogP contribution >= 0.6 is 0 Å². The monoisotopic (exact) mass is 524 g/mol. The number of H-pyrrole nitrogens is 1. The van der Waals surface area contributed by atoms with Crippen molar-refractivity contribution in [2.45, 2.75) is 24.0 Å². The molecule has 2 fully saturated rings. The highest BCUT2D eigenvalue weighted by molar-refractivity contribution is 5.82. The Morgan fingerprint density at radius 3 is 2.50 bits per heavy atom. The summed E-state index contributed by atoms with van der Waals surface area (Å²) in [6, 6.07) is 16.2. The predicted octanol–water partition coefficient (Wildman–Crippen LogP) is 3.06. The lowest BCUT2D eigenvalue weighted by molar-refractivity contribution is -0.170. The number of likely N-dealkylation sites (tertiary alicyclic amines) is 1. The Bertz CT molecular complexity index is 1330. The Labute approximate surface area is 219 Å². The number of carbonyl (C=O) groups excluding carboxylic acids is 1. The van der Waals surface area contributed by atoms with E-state index in [0.717, 1.165) is 11.6 Å². The van der Waals surface area contributed by atoms with Gasteiger partial charge < -0.3 is 19.3 Å². The molecular formula is C28H30F2N4O4. The van der Waals surface area contributed by atoms with E-state index in [4.69, 9.17) is 9.47 Å². The Morgan fingerprint density at radius 1 is 1.05 bits per heavy atom. The third-order valence-corrected chi connectivity index (χ3v) is 7.87. The molecule has 0 saturated carbocycles. The van der Waals surface area contributed by atoms with Crippen molar-refractivity contribution in [3.63, 3.8) is 0 Å². The molecule has 3 heterocycles. The molecule has 200 valence electrons. The van der Waals surface area contributed by atoms with Crippen LogP contribution in [0.1, 0.15) is 23.5 Å². The molecular weight excluding hydrogens is 494 g/mol. The summed E-state index contributed by atoms with van der Waals surface area (Å²) >= 11 is 0. The summed E-state index contributed by atoms with van der Waals surface area (Å²) in [4.78, 5) is 29.1. The van der Waals surface area contributed by atoms with Crippen LogP contribution in [-0.2, 0) is 19.9 Å². The van der Waals surface area contributed by atoms with E-state index in [-0.39, 0.29) is 30.1 Å². The van der Waals surface area contributed by atoms with E-state index < -0.39 is 35.2 Å². The minimum Gasteiger partial charge on any atom is -0.376 e. The number of ether oxygens (including phenoxy) is 2. The molecule has 38 heavy (non-hydrogen) atoms. The molecule has 1 amide bonds. The van der Waals surface area contributed by atoms with Gasteiger partial charge in [0.05, 0.1) is 12.5 Å². The number of nitrogens with one attached hydrogen (secondary N) is 1. The number of hydrogen-bond donors (Lipinski definition) is 1. The van der Waals surface area contributed by atoms with E-state index in [0.29, 0.717) is 25.3 Å². The highest BCUT2D eigenvalue weighted by Gasteiger charge is 2.49. The lowest BCUT2D eigenvalue weighted by Gasteiger charge is -2.47. The molecule has 5 rings (SSSR count). The summed E-state index contributed by atoms with van der Waals surface area (Å²) in [7, 11) is 3.25. The molecule has 0 spiro atoms. The molecule has 0 radical (unpaired) electrons. The second-order valence-corrected chi connectivity index (χ2v) is 9.78. The first kappa shape index (κ1) is 26.0. The third kappa shape index (κ3) is 4.69. The number of hydrogen-bond acceptors (Lipinski definition) is 6. The molecule has 2 saturated heterocycles. The Hall–Kier alpha value is -3.63. The van der Waals surface area contributed by atoms with Crippen molar-refractivity contribution in [2.75, 3.05) is 45.3 Å². The minimum absolute atomic E-state index is 0.148. The number of carbonyl (C=O) groups is 1. The highest BCUT2D eigenvalue weighted by atomic mass is 19.1. The van der Waals surface area contributed by atoms with Crippen molar-refractivity contribution in [3.8, 4) is 0 Å². The quantitative estimate of drug-likeness (QED) is 0.534. The maximum absolute atomic E-state index is 14.9. The number of methoxy groups -OCH3 is 2. The van der Waals surface area contributed by atoms with Crippen LogP contribution in [0.4, 0.5) is 14.6 Å². The van der Waals surface area contributed by atoms with E-state index in [2.05, 4.69) is 10.2 Å². The van der Waals surface area contributed by atoms with Crippen LogP contribution in [-0.4, -0.2) is 67.5 Å². The topological polar surface area (TPSA) is 87.8 Å². The van der Waals surface area contributed by atoms with E-state index in [1.165, 1.54) is 18.2 Å². The van der Waals surface area contributed by atoms with E-state index in [1.807, 2.05) is 35.2 Å². The molecule has 8 nitrogen and oxygen atoms in total. The number of piperidine rings is 1. The molecule has 0 aliphatic carbocycles. The second-order valence-electron chi connectivity index (χ2n) is 9.78. The van der Waals surface area contributed by atoms with Gasteiger partial charge >= 0.3 is 0 Å². The lowest BCUT2D eigenvalue weighted by Crippen LogP contribution is -2.57. The second kappa shape index (κ2) is 10.6. The fourth-order valence-electron chi connectivity index (χ4n) is 5.87. The van der Waals surface area contributed by atoms with Gasteiger partial charge in [-0.15, -0.1) is 0 Å². The molecule has 1 N–H and O–H groups in total. The SMILES string of the molecule is COC1CN(C(=O)C2CN(c3ccc(=O)[nH]n3)CC2c2ccc(F)cc2F)CCC1(OC)c1ccccc1. The standard InChI is InChI=1S/C28H30F2N4O4/c1-37-24-17-33(13-12-28(24,38-2)18-6-4-3-5-7-18)27(36)22-16-34(25-10-11-26(35)32-31-25)15-21(22)20-9-8-19(29)14-23(20)30/h3-11,14,21-22,24H,12-13,15-17H2,1-2H3,(H,32,35). The van der Waals surface area contributed by atoms with Crippen LogP contribution < -0.4 is 10.5 Å². The van der Waals surface area contributed by atoms with Gasteiger partial charge in [-0.25, -0.2) is 13.9 Å². The van der Waals surface area contributed by atoms with Gasteiger partial charge in [0, 0.05) is 58.3 Å². The zero-order valence-electron chi connectivity index (χ0n) is 21.3. The van der Waals surface area contributed by atoms with Crippen molar-refractivity contribution in [1.82, 2.24) is 15.1 Å². The number of anilines is 1. The van der Waals surface area contributed by atoms with Gasteiger partial charge in [-0.3, -0.25) is 9.59 Å². The van der Waals surface area contributed by atoms with Gasteiger partial charge in [0.15, 0.2) is 0 Å². The summed E-state index contributed by atoms with van der Waals surface area (Å²) in [5, 5.41) is 6.50. The maximum Gasteiger partial charge on any atom is 0.264 e. The zero-order valence-corrected chi connectivity index (χ0v) is 21.3. The van der Waals surface area contributed by atoms with Gasteiger partial charge in [-0.1, -0.05) is 36.4 Å². The van der Waals surface area contributed by atoms with Gasteiger partial charge in [0.2, 0.25) is 5.91 Å². The first-order chi connectivity index (χ1) is 18.4. The van der Waals surface area contributed by atoms with Crippen LogP contribution in [0.2, 0.25) is 0 Å². The van der Waals surface area contributed by atoms with E-state index >= 15 is 0 Å². The van der Waals surface area contributed by atoms with Crippen LogP contribution in [0.3, 0.4) is 0 Å². The van der Waals surface area contributed by atoms with Crippen molar-refractivity contribution >= 4 is 11.7 Å². The van der Waals surface area contributed by atoms with Crippen LogP contribution in [0, 0.1) is 17.6 Å². The lowest BCUT2D eigenvalue weighted by atomic mass is 9.80. The van der Waals surface area contributed by atoms with Crippen molar-refractivity contribution in [3.05, 3.63) is 93.8 Å². The number of aromatic nitrogens is 2. The number of aromatic amines is 1. The summed E-state index contributed by atoms with van der Waals surface area (Å²) in [5.41, 5.74) is 0.189. The third-order valence-electron chi connectivity index (χ3n) is 7.87. The average Bonchev–Trinajstić information content (AvgIpc) is 3.38. The van der Waals surface area contributed by atoms with Gasteiger partial charge in [-0.2, -0.15) is 5.10 Å². The summed E-state index contributed by atoms with van der Waals surface area (Å²) in [6.07, 6.45) is 0.0950. The summed E-state index contributed by atoms with van der Waals surface area (Å²) in [5.74, 6) is -2.20. The van der Waals surface area contributed by atoms with Gasteiger partial charge in [-0.05, 0) is 23.3 Å². The number of rotatable bonds is 6. The number of halogens is 2. The Kier molecular flexibility index (Phi) is 7.27. The largest absolute Gasteiger partial charge is 0.376 e. The maximum atomic E-state index is 14.9. The first-order valence-electron chi connectivity index (χ1n) is 12.5. The van der Waals surface area contributed by atoms with Crippen molar-refractivity contribution in [2.24, 2.45) is 5.92 Å². The molecule has 2 aromatic carbocycles. The molecule has 2 aliphatic heterocycles. The zero-order chi connectivity index (χ0) is 26.9. The fraction of sp³-hybridized carbons (Fsp3) is 0.393. The van der Waals surface area contributed by atoms with E-state index in [9.17, 15) is 18.4 Å². The van der Waals surface area contributed by atoms with Crippen molar-refractivity contribution in [1.29, 1.82) is 0 Å². The summed E-state index contributed by atoms with van der Waals surface area (Å²) < 4.78 is 40.5. The molecule has 4 unspecified atom stereocenters. The Morgan fingerprint density at radius 2 is 1.84 bits per heavy atom. The minimum atomic E-state index is -0.712. The summed E-state index contributed by atoms with van der Waals surface area (Å²) in [6.45, 7) is 1.27. The average molecular weight is 525 g/mol. The number of nitrogens with zero attached hydrogens (tertiary/aromatic N) is 3. The highest BCUT2D eigenvalue weighted by Crippen LogP contribution is 2.41. The molecule has 10 heteroatoms. The fourth-order valence-corrected chi connectivity index (χ4v) is 5.87. The molecule has 4 atom stereocenters. The van der Waals surface area contributed by atoms with Crippen LogP contribution in [0.15, 0.2) is 65.5 Å². The normalized spacial score (nSPS) is 25.5. The Balaban J connectivity index is 1.44. The predicted molar refractivity (Wildman–Crippen MR) is 137 cm³/mol. The number of benzene rings is 2. The molecule has 3 aromatic rings. The van der Waals surface area contributed by atoms with Crippen LogP contribution in [0.5, 0.6) is 0 Å². The van der Waals surface area contributed by atoms with E-state index in [1.54, 1.807) is 25.2 Å². The molecule has 2 aliphatic rings. The molecule has 0 bridgehead atoms. The number of amides is 1. The van der Waals surface area contributed by atoms with Gasteiger partial charge in [0.25, 0.3) is 5.56 Å². The smallest absolute Gasteiger partial charge is 0.264 e.